The number of fused-ring (bicyclic) bond motifs is 2. The number of thiol groups is 1. The topological polar surface area (TPSA) is 78.8 Å². The fourth-order valence-electron chi connectivity index (χ4n) is 4.10. The molecule has 1 heterocycles. The molecule has 1 atom stereocenters. The van der Waals surface area contributed by atoms with Crippen LogP contribution in [0.1, 0.15) is 54.5 Å². The van der Waals surface area contributed by atoms with Crippen molar-refractivity contribution < 1.29 is 18.5 Å². The van der Waals surface area contributed by atoms with Crippen LogP contribution in [0, 0.1) is 5.82 Å². The number of hydrogen-bond donors (Lipinski definition) is 3. The molecule has 1 aromatic heterocycles. The summed E-state index contributed by atoms with van der Waals surface area (Å²) in [5.74, 6) is -0.753. The molecule has 28 heavy (non-hydrogen) atoms. The second-order valence-corrected chi connectivity index (χ2v) is 10.2. The Morgan fingerprint density at radius 2 is 1.82 bits per heavy atom. The number of halogens is 1. The van der Waals surface area contributed by atoms with Gasteiger partial charge in [0, 0.05) is 16.6 Å². The van der Waals surface area contributed by atoms with Crippen molar-refractivity contribution >= 4 is 33.7 Å². The van der Waals surface area contributed by atoms with Crippen molar-refractivity contribution in [2.45, 2.75) is 62.2 Å². The molecule has 1 aromatic carbocycles. The van der Waals surface area contributed by atoms with Crippen molar-refractivity contribution in [1.82, 2.24) is 0 Å². The van der Waals surface area contributed by atoms with Crippen LogP contribution in [0.15, 0.2) is 20.0 Å². The van der Waals surface area contributed by atoms with Gasteiger partial charge in [-0.3, -0.25) is 0 Å². The average molecular weight is 423 g/mol. The lowest BCUT2D eigenvalue weighted by atomic mass is 9.99. The highest BCUT2D eigenvalue weighted by atomic mass is 32.2. The van der Waals surface area contributed by atoms with E-state index in [0.29, 0.717) is 0 Å². The molecule has 0 aliphatic heterocycles. The number of aliphatic hydroxyl groups is 1. The van der Waals surface area contributed by atoms with Crippen molar-refractivity contribution in [3.8, 4) is 0 Å². The first-order valence-corrected chi connectivity index (χ1v) is 11.5. The Hall–Kier alpha value is -1.77. The fraction of sp³-hybridized carbons (Fsp3) is 0.450. The van der Waals surface area contributed by atoms with Gasteiger partial charge < -0.3 is 10.4 Å². The van der Waals surface area contributed by atoms with Gasteiger partial charge in [-0.25, -0.2) is 13.4 Å². The van der Waals surface area contributed by atoms with Gasteiger partial charge >= 0.3 is 6.03 Å². The van der Waals surface area contributed by atoms with E-state index in [2.05, 4.69) is 15.7 Å². The van der Waals surface area contributed by atoms with Crippen molar-refractivity contribution in [3.63, 3.8) is 0 Å². The van der Waals surface area contributed by atoms with Gasteiger partial charge in [0.25, 0.3) is 0 Å². The summed E-state index contributed by atoms with van der Waals surface area (Å²) in [6.07, 6.45) is 5.98. The number of thiophene rings is 1. The molecule has 8 heteroatoms. The fourth-order valence-corrected chi connectivity index (χ4v) is 6.17. The van der Waals surface area contributed by atoms with Gasteiger partial charge in [-0.1, -0.05) is 6.07 Å². The standard InChI is InChI=1S/C20H23FN2O3S2/c1-20(2,25)15-10-27-18(16(15)21)28(26)23-19(24)22-17-13-7-3-5-11(13)9-12-6-4-8-14(12)17/h9-10,25,28H,3-8H2,1-2H3,(H,22,24). The molecule has 2 aromatic rings. The van der Waals surface area contributed by atoms with E-state index in [1.165, 1.54) is 30.4 Å². The summed E-state index contributed by atoms with van der Waals surface area (Å²) in [7, 11) is -2.57. The number of aryl methyl sites for hydroxylation is 2. The predicted molar refractivity (Wildman–Crippen MR) is 109 cm³/mol. The molecule has 0 saturated heterocycles. The molecule has 0 bridgehead atoms. The Kier molecular flexibility index (Phi) is 5.05. The third-order valence-corrected chi connectivity index (χ3v) is 7.88. The number of urea groups is 1. The third kappa shape index (κ3) is 3.49. The first kappa shape index (κ1) is 19.5. The molecule has 150 valence electrons. The molecule has 2 aliphatic rings. The first-order valence-electron chi connectivity index (χ1n) is 9.42. The molecular formula is C20H23FN2O3S2. The monoisotopic (exact) mass is 422 g/mol. The number of amides is 2. The van der Waals surface area contributed by atoms with Gasteiger partial charge in [0.1, 0.15) is 4.21 Å². The van der Waals surface area contributed by atoms with Gasteiger partial charge in [0.2, 0.25) is 0 Å². The zero-order valence-corrected chi connectivity index (χ0v) is 17.6. The predicted octanol–water partition coefficient (Wildman–Crippen LogP) is 4.35. The van der Waals surface area contributed by atoms with Crippen LogP contribution in [0.3, 0.4) is 0 Å². The molecule has 1 unspecified atom stereocenters. The summed E-state index contributed by atoms with van der Waals surface area (Å²) in [4.78, 5) is 12.5. The Morgan fingerprint density at radius 1 is 1.21 bits per heavy atom. The molecule has 5 nitrogen and oxygen atoms in total. The molecule has 0 radical (unpaired) electrons. The number of nitrogens with zero attached hydrogens (tertiary/aromatic N) is 1. The second-order valence-electron chi connectivity index (χ2n) is 7.86. The summed E-state index contributed by atoms with van der Waals surface area (Å²) >= 11 is 0.907. The lowest BCUT2D eigenvalue weighted by Crippen LogP contribution is -2.16. The Bertz CT molecular complexity index is 1010. The minimum Gasteiger partial charge on any atom is -0.386 e. The Balaban J connectivity index is 1.63. The number of rotatable bonds is 3. The SMILES string of the molecule is CC(C)(O)c1csc(/[SH](=O)=N/C(=O)Nc2c3c(cc4c2CCC4)CCC3)c1F. The summed E-state index contributed by atoms with van der Waals surface area (Å²) < 4.78 is 30.6. The van der Waals surface area contributed by atoms with Gasteiger partial charge in [-0.15, -0.1) is 15.7 Å². The van der Waals surface area contributed by atoms with E-state index in [9.17, 15) is 18.5 Å². The van der Waals surface area contributed by atoms with Crippen molar-refractivity contribution in [3.05, 3.63) is 45.1 Å². The number of carbonyl (C=O) groups is 1. The van der Waals surface area contributed by atoms with Crippen LogP contribution in [0.4, 0.5) is 14.9 Å². The molecule has 2 N–H and O–H groups in total. The zero-order valence-electron chi connectivity index (χ0n) is 15.8. The molecule has 0 spiro atoms. The van der Waals surface area contributed by atoms with Crippen LogP contribution in [0.2, 0.25) is 0 Å². The average Bonchev–Trinajstić information content (AvgIpc) is 3.32. The van der Waals surface area contributed by atoms with Crippen LogP contribution in [-0.4, -0.2) is 15.3 Å². The number of benzene rings is 1. The second kappa shape index (κ2) is 7.24. The number of nitrogens with one attached hydrogen (secondary N) is 1. The van der Waals surface area contributed by atoms with Gasteiger partial charge in [0.15, 0.2) is 5.82 Å². The van der Waals surface area contributed by atoms with E-state index in [-0.39, 0.29) is 9.77 Å². The molecule has 2 aliphatic carbocycles. The maximum atomic E-state index is 14.5. The third-order valence-electron chi connectivity index (χ3n) is 5.43. The highest BCUT2D eigenvalue weighted by Gasteiger charge is 2.26. The van der Waals surface area contributed by atoms with Gasteiger partial charge in [-0.05, 0) is 74.6 Å². The molecule has 0 saturated carbocycles. The van der Waals surface area contributed by atoms with Crippen LogP contribution in [0.5, 0.6) is 0 Å². The maximum Gasteiger partial charge on any atom is 0.353 e. The maximum absolute atomic E-state index is 14.5. The molecule has 2 amide bonds. The van der Waals surface area contributed by atoms with Crippen LogP contribution >= 0.6 is 11.3 Å². The number of anilines is 1. The molecule has 0 fully saturated rings. The highest BCUT2D eigenvalue weighted by Crippen LogP contribution is 2.38. The van der Waals surface area contributed by atoms with Crippen LogP contribution < -0.4 is 5.32 Å². The minimum atomic E-state index is -2.57. The van der Waals surface area contributed by atoms with E-state index in [0.717, 1.165) is 66.7 Å². The van der Waals surface area contributed by atoms with E-state index >= 15 is 0 Å². The van der Waals surface area contributed by atoms with Gasteiger partial charge in [0.05, 0.1) is 16.2 Å². The molecule has 4 rings (SSSR count). The molecular weight excluding hydrogens is 399 g/mol. The van der Waals surface area contributed by atoms with E-state index in [1.807, 2.05) is 0 Å². The summed E-state index contributed by atoms with van der Waals surface area (Å²) in [6.45, 7) is 2.91. The summed E-state index contributed by atoms with van der Waals surface area (Å²) in [6, 6.07) is 1.55. The number of carbonyl (C=O) groups excluding carboxylic acids is 1. The van der Waals surface area contributed by atoms with Crippen molar-refractivity contribution in [2.75, 3.05) is 5.32 Å². The van der Waals surface area contributed by atoms with Crippen molar-refractivity contribution in [1.29, 1.82) is 0 Å². The lowest BCUT2D eigenvalue weighted by Gasteiger charge is -2.15. The quantitative estimate of drug-likeness (QED) is 0.644. The van der Waals surface area contributed by atoms with Gasteiger partial charge in [-0.2, -0.15) is 0 Å². The van der Waals surface area contributed by atoms with E-state index < -0.39 is 28.0 Å². The largest absolute Gasteiger partial charge is 0.386 e. The van der Waals surface area contributed by atoms with Crippen LogP contribution in [-0.2, 0) is 41.9 Å². The summed E-state index contributed by atoms with van der Waals surface area (Å²) in [5.41, 5.74) is 4.37. The number of hydrogen-bond acceptors (Lipinski definition) is 4. The van der Waals surface area contributed by atoms with Crippen molar-refractivity contribution in [2.24, 2.45) is 4.36 Å². The smallest absolute Gasteiger partial charge is 0.353 e. The Labute approximate surface area is 169 Å². The van der Waals surface area contributed by atoms with E-state index in [4.69, 9.17) is 0 Å². The zero-order chi connectivity index (χ0) is 20.1. The van der Waals surface area contributed by atoms with Crippen LogP contribution in [0.25, 0.3) is 0 Å². The minimum absolute atomic E-state index is 0.0603. The normalized spacial score (nSPS) is 16.9. The van der Waals surface area contributed by atoms with E-state index in [1.54, 1.807) is 0 Å². The summed E-state index contributed by atoms with van der Waals surface area (Å²) in [5, 5.41) is 14.2. The Morgan fingerprint density at radius 3 is 2.36 bits per heavy atom. The lowest BCUT2D eigenvalue weighted by molar-refractivity contribution is 0.0748. The highest BCUT2D eigenvalue weighted by molar-refractivity contribution is 7.78. The first-order chi connectivity index (χ1) is 13.3.